The van der Waals surface area contributed by atoms with Gasteiger partial charge in [-0.1, -0.05) is 11.6 Å². The largest absolute Gasteiger partial charge is 0.449 e. The number of amides is 1. The molecule has 7 heteroatoms. The number of hydrogen-bond donors (Lipinski definition) is 0. The third kappa shape index (κ3) is 4.02. The molecule has 1 aromatic carbocycles. The van der Waals surface area contributed by atoms with Crippen LogP contribution in [-0.4, -0.2) is 35.7 Å². The van der Waals surface area contributed by atoms with Gasteiger partial charge in [0.05, 0.1) is 10.6 Å². The van der Waals surface area contributed by atoms with Crippen LogP contribution >= 0.6 is 34.7 Å². The van der Waals surface area contributed by atoms with E-state index in [1.54, 1.807) is 35.3 Å². The fourth-order valence-corrected chi connectivity index (χ4v) is 4.28. The van der Waals surface area contributed by atoms with E-state index in [1.165, 1.54) is 22.2 Å². The minimum absolute atomic E-state index is 0.178. The number of hydrogen-bond acceptors (Lipinski definition) is 5. The molecule has 0 spiro atoms. The molecule has 1 aliphatic rings. The van der Waals surface area contributed by atoms with Crippen LogP contribution in [0.25, 0.3) is 0 Å². The zero-order chi connectivity index (χ0) is 18.0. The molecule has 3 rings (SSSR count). The number of nitrogens with zero attached hydrogens (tertiary/aromatic N) is 1. The van der Waals surface area contributed by atoms with Crippen LogP contribution in [0.4, 0.5) is 0 Å². The minimum Gasteiger partial charge on any atom is -0.449 e. The summed E-state index contributed by atoms with van der Waals surface area (Å²) < 4.78 is 5.38. The Bertz CT molecular complexity index is 805. The van der Waals surface area contributed by atoms with Crippen LogP contribution in [0.1, 0.15) is 27.7 Å². The van der Waals surface area contributed by atoms with E-state index in [9.17, 15) is 9.59 Å². The Hall–Kier alpha value is -1.50. The van der Waals surface area contributed by atoms with Gasteiger partial charge in [-0.25, -0.2) is 4.79 Å². The van der Waals surface area contributed by atoms with Crippen molar-refractivity contribution in [1.82, 2.24) is 4.90 Å². The molecule has 1 aromatic heterocycles. The molecular weight excluding hydrogens is 378 g/mol. The van der Waals surface area contributed by atoms with Gasteiger partial charge in [0.1, 0.15) is 0 Å². The molecule has 0 fully saturated rings. The van der Waals surface area contributed by atoms with Gasteiger partial charge in [0.25, 0.3) is 5.91 Å². The fourth-order valence-electron chi connectivity index (χ4n) is 2.76. The average molecular weight is 396 g/mol. The molecule has 1 aliphatic heterocycles. The van der Waals surface area contributed by atoms with Gasteiger partial charge in [0.15, 0.2) is 6.10 Å². The maximum atomic E-state index is 12.6. The molecule has 132 valence electrons. The van der Waals surface area contributed by atoms with Crippen molar-refractivity contribution in [2.24, 2.45) is 0 Å². The maximum absolute atomic E-state index is 12.6. The number of rotatable bonds is 4. The van der Waals surface area contributed by atoms with E-state index in [0.717, 1.165) is 11.3 Å². The van der Waals surface area contributed by atoms with Crippen LogP contribution in [0.5, 0.6) is 0 Å². The highest BCUT2D eigenvalue weighted by atomic mass is 35.5. The van der Waals surface area contributed by atoms with Gasteiger partial charge in [-0.05, 0) is 54.8 Å². The molecule has 0 radical (unpaired) electrons. The van der Waals surface area contributed by atoms with Crippen molar-refractivity contribution >= 4 is 46.6 Å². The molecule has 0 aliphatic carbocycles. The van der Waals surface area contributed by atoms with E-state index < -0.39 is 12.1 Å². The van der Waals surface area contributed by atoms with Crippen molar-refractivity contribution in [2.75, 3.05) is 12.8 Å². The Labute approximate surface area is 160 Å². The van der Waals surface area contributed by atoms with Crippen molar-refractivity contribution in [3.8, 4) is 0 Å². The summed E-state index contributed by atoms with van der Waals surface area (Å²) in [5.74, 6) is -0.752. The highest BCUT2D eigenvalue weighted by Gasteiger charge is 2.28. The number of carbonyl (C=O) groups is 2. The number of thioether (sulfide) groups is 1. The molecule has 4 nitrogen and oxygen atoms in total. The smallest absolute Gasteiger partial charge is 0.340 e. The highest BCUT2D eigenvalue weighted by Crippen LogP contribution is 2.26. The SMILES string of the molecule is CSc1ccc(Cl)c(C(=O)OC(C)C(=O)N2CCc3sccc3C2)c1. The number of carbonyl (C=O) groups excluding carboxylic acids is 2. The Balaban J connectivity index is 1.66. The Kier molecular flexibility index (Phi) is 5.71. The number of ether oxygens (including phenoxy) is 1. The molecule has 2 heterocycles. The number of thiophene rings is 1. The van der Waals surface area contributed by atoms with Gasteiger partial charge in [0, 0.05) is 22.9 Å². The average Bonchev–Trinajstić information content (AvgIpc) is 3.09. The summed E-state index contributed by atoms with van der Waals surface area (Å²) in [6, 6.07) is 7.23. The lowest BCUT2D eigenvalue weighted by atomic mass is 10.1. The Morgan fingerprint density at radius 1 is 1.36 bits per heavy atom. The highest BCUT2D eigenvalue weighted by molar-refractivity contribution is 7.98. The second kappa shape index (κ2) is 7.81. The fraction of sp³-hybridized carbons (Fsp3) is 0.333. The van der Waals surface area contributed by atoms with Gasteiger partial charge < -0.3 is 9.64 Å². The van der Waals surface area contributed by atoms with Crippen molar-refractivity contribution in [3.63, 3.8) is 0 Å². The standard InChI is InChI=1S/C18H18ClNO3S2/c1-11(17(21)20-7-5-16-12(10-20)6-8-25-16)23-18(22)14-9-13(24-2)3-4-15(14)19/h3-4,6,8-9,11H,5,7,10H2,1-2H3. The number of benzene rings is 1. The molecule has 0 saturated heterocycles. The molecular formula is C18H18ClNO3S2. The van der Waals surface area contributed by atoms with E-state index in [1.807, 2.05) is 23.8 Å². The van der Waals surface area contributed by atoms with E-state index >= 15 is 0 Å². The normalized spacial score (nSPS) is 14.8. The number of esters is 1. The molecule has 25 heavy (non-hydrogen) atoms. The molecule has 0 saturated carbocycles. The summed E-state index contributed by atoms with van der Waals surface area (Å²) in [5, 5.41) is 2.37. The van der Waals surface area contributed by atoms with Gasteiger partial charge in [-0.3, -0.25) is 4.79 Å². The lowest BCUT2D eigenvalue weighted by molar-refractivity contribution is -0.140. The summed E-state index contributed by atoms with van der Waals surface area (Å²) in [5.41, 5.74) is 1.46. The molecule has 1 amide bonds. The topological polar surface area (TPSA) is 46.6 Å². The van der Waals surface area contributed by atoms with Crippen LogP contribution in [0.2, 0.25) is 5.02 Å². The van der Waals surface area contributed by atoms with Crippen LogP contribution in [0.15, 0.2) is 34.5 Å². The first-order valence-corrected chi connectivity index (χ1v) is 10.4. The summed E-state index contributed by atoms with van der Waals surface area (Å²) >= 11 is 9.33. The summed E-state index contributed by atoms with van der Waals surface area (Å²) in [6.45, 7) is 2.83. The van der Waals surface area contributed by atoms with E-state index in [-0.39, 0.29) is 11.5 Å². The second-order valence-electron chi connectivity index (χ2n) is 5.77. The number of fused-ring (bicyclic) bond motifs is 1. The maximum Gasteiger partial charge on any atom is 0.340 e. The van der Waals surface area contributed by atoms with E-state index in [2.05, 4.69) is 0 Å². The minimum atomic E-state index is -0.846. The quantitative estimate of drug-likeness (QED) is 0.573. The van der Waals surface area contributed by atoms with Gasteiger partial charge in [-0.15, -0.1) is 23.1 Å². The Morgan fingerprint density at radius 2 is 2.16 bits per heavy atom. The van der Waals surface area contributed by atoms with Gasteiger partial charge >= 0.3 is 5.97 Å². The zero-order valence-corrected chi connectivity index (χ0v) is 16.3. The first-order valence-electron chi connectivity index (χ1n) is 7.88. The molecule has 1 atom stereocenters. The summed E-state index contributed by atoms with van der Waals surface area (Å²) in [4.78, 5) is 29.0. The lowest BCUT2D eigenvalue weighted by Gasteiger charge is -2.29. The Morgan fingerprint density at radius 3 is 2.92 bits per heavy atom. The van der Waals surface area contributed by atoms with Crippen molar-refractivity contribution in [2.45, 2.75) is 30.9 Å². The van der Waals surface area contributed by atoms with Crippen LogP contribution in [-0.2, 0) is 22.5 Å². The first-order chi connectivity index (χ1) is 12.0. The van der Waals surface area contributed by atoms with Crippen LogP contribution in [0.3, 0.4) is 0 Å². The van der Waals surface area contributed by atoms with Crippen LogP contribution < -0.4 is 0 Å². The third-order valence-electron chi connectivity index (χ3n) is 4.14. The molecule has 0 bridgehead atoms. The molecule has 1 unspecified atom stereocenters. The van der Waals surface area contributed by atoms with E-state index in [4.69, 9.17) is 16.3 Å². The predicted molar refractivity (Wildman–Crippen MR) is 102 cm³/mol. The monoisotopic (exact) mass is 395 g/mol. The summed E-state index contributed by atoms with van der Waals surface area (Å²) in [6.07, 6.45) is 1.92. The molecule has 2 aromatic rings. The van der Waals surface area contributed by atoms with E-state index in [0.29, 0.717) is 18.1 Å². The van der Waals surface area contributed by atoms with Crippen molar-refractivity contribution in [1.29, 1.82) is 0 Å². The zero-order valence-electron chi connectivity index (χ0n) is 14.0. The predicted octanol–water partition coefficient (Wildman–Crippen LogP) is 4.25. The first kappa shape index (κ1) is 18.3. The van der Waals surface area contributed by atoms with Gasteiger partial charge in [-0.2, -0.15) is 0 Å². The van der Waals surface area contributed by atoms with Crippen molar-refractivity contribution < 1.29 is 14.3 Å². The van der Waals surface area contributed by atoms with Gasteiger partial charge in [0.2, 0.25) is 0 Å². The molecule has 0 N–H and O–H groups in total. The number of halogens is 1. The lowest BCUT2D eigenvalue weighted by Crippen LogP contribution is -2.42. The second-order valence-corrected chi connectivity index (χ2v) is 8.06. The van der Waals surface area contributed by atoms with Crippen molar-refractivity contribution in [3.05, 3.63) is 50.7 Å². The third-order valence-corrected chi connectivity index (χ3v) is 6.22. The van der Waals surface area contributed by atoms with Crippen LogP contribution in [0, 0.1) is 0 Å². The summed E-state index contributed by atoms with van der Waals surface area (Å²) in [7, 11) is 0.